The number of phenolic OH excluding ortho intramolecular Hbond substituents is 1. The van der Waals surface area contributed by atoms with Crippen molar-refractivity contribution in [3.63, 3.8) is 0 Å². The van der Waals surface area contributed by atoms with Crippen LogP contribution in [0.5, 0.6) is 11.5 Å². The molecule has 2 aromatic carbocycles. The standard InChI is InChI=1S/C18H16O3/c1-3-4-12-5-8-17-13(9-12)10-18(21-17)15-7-6-14(20-2)11-16(15)19/h3-11,19H,1-2H3/b4-3+. The summed E-state index contributed by atoms with van der Waals surface area (Å²) in [6, 6.07) is 13.1. The van der Waals surface area contributed by atoms with Crippen molar-refractivity contribution in [2.75, 3.05) is 7.11 Å². The van der Waals surface area contributed by atoms with E-state index >= 15 is 0 Å². The largest absolute Gasteiger partial charge is 0.507 e. The second kappa shape index (κ2) is 5.37. The highest BCUT2D eigenvalue weighted by atomic mass is 16.5. The van der Waals surface area contributed by atoms with Gasteiger partial charge in [0, 0.05) is 11.5 Å². The molecule has 0 aliphatic heterocycles. The number of phenols is 1. The first-order valence-electron chi connectivity index (χ1n) is 6.75. The van der Waals surface area contributed by atoms with Gasteiger partial charge in [-0.15, -0.1) is 0 Å². The van der Waals surface area contributed by atoms with Crippen LogP contribution in [0, 0.1) is 0 Å². The molecule has 0 spiro atoms. The number of rotatable bonds is 3. The van der Waals surface area contributed by atoms with Crippen LogP contribution >= 0.6 is 0 Å². The van der Waals surface area contributed by atoms with Crippen molar-refractivity contribution in [1.82, 2.24) is 0 Å². The Bertz CT molecular complexity index is 812. The topological polar surface area (TPSA) is 42.6 Å². The maximum Gasteiger partial charge on any atom is 0.139 e. The SMILES string of the molecule is C/C=C/c1ccc2oc(-c3ccc(OC)cc3O)cc2c1. The molecule has 0 saturated heterocycles. The molecule has 0 aliphatic carbocycles. The Morgan fingerprint density at radius 3 is 2.67 bits per heavy atom. The van der Waals surface area contributed by atoms with E-state index in [4.69, 9.17) is 9.15 Å². The van der Waals surface area contributed by atoms with Gasteiger partial charge in [0.2, 0.25) is 0 Å². The highest BCUT2D eigenvalue weighted by molar-refractivity contribution is 5.86. The van der Waals surface area contributed by atoms with Crippen molar-refractivity contribution in [2.45, 2.75) is 6.92 Å². The van der Waals surface area contributed by atoms with Gasteiger partial charge in [0.1, 0.15) is 22.8 Å². The van der Waals surface area contributed by atoms with Crippen molar-refractivity contribution in [3.05, 3.63) is 54.1 Å². The molecule has 3 nitrogen and oxygen atoms in total. The number of methoxy groups -OCH3 is 1. The molecule has 3 aromatic rings. The van der Waals surface area contributed by atoms with Gasteiger partial charge in [0.15, 0.2) is 0 Å². The van der Waals surface area contributed by atoms with E-state index in [0.717, 1.165) is 16.5 Å². The van der Waals surface area contributed by atoms with Gasteiger partial charge in [-0.25, -0.2) is 0 Å². The molecule has 3 heteroatoms. The molecule has 1 heterocycles. The fourth-order valence-corrected chi connectivity index (χ4v) is 2.34. The molecular formula is C18H16O3. The van der Waals surface area contributed by atoms with Gasteiger partial charge >= 0.3 is 0 Å². The minimum atomic E-state index is 0.141. The Balaban J connectivity index is 2.08. The molecule has 3 rings (SSSR count). The zero-order chi connectivity index (χ0) is 14.8. The first-order valence-corrected chi connectivity index (χ1v) is 6.75. The summed E-state index contributed by atoms with van der Waals surface area (Å²) in [4.78, 5) is 0. The maximum atomic E-state index is 10.1. The van der Waals surface area contributed by atoms with Crippen molar-refractivity contribution >= 4 is 17.0 Å². The lowest BCUT2D eigenvalue weighted by Gasteiger charge is -2.04. The lowest BCUT2D eigenvalue weighted by Crippen LogP contribution is -1.83. The molecule has 21 heavy (non-hydrogen) atoms. The fourth-order valence-electron chi connectivity index (χ4n) is 2.34. The molecule has 0 radical (unpaired) electrons. The minimum Gasteiger partial charge on any atom is -0.507 e. The summed E-state index contributed by atoms with van der Waals surface area (Å²) < 4.78 is 10.9. The van der Waals surface area contributed by atoms with Crippen LogP contribution in [0.1, 0.15) is 12.5 Å². The van der Waals surface area contributed by atoms with Crippen molar-refractivity contribution in [2.24, 2.45) is 0 Å². The molecule has 0 amide bonds. The van der Waals surface area contributed by atoms with Crippen LogP contribution in [0.25, 0.3) is 28.4 Å². The molecule has 1 N–H and O–H groups in total. The lowest BCUT2D eigenvalue weighted by atomic mass is 10.1. The maximum absolute atomic E-state index is 10.1. The molecule has 0 atom stereocenters. The second-order valence-corrected chi connectivity index (χ2v) is 4.79. The third-order valence-corrected chi connectivity index (χ3v) is 3.37. The number of hydrogen-bond acceptors (Lipinski definition) is 3. The van der Waals surface area contributed by atoms with E-state index < -0.39 is 0 Å². The van der Waals surface area contributed by atoms with E-state index in [1.54, 1.807) is 25.3 Å². The number of ether oxygens (including phenoxy) is 1. The first kappa shape index (κ1) is 13.3. The number of hydrogen-bond donors (Lipinski definition) is 1. The number of allylic oxidation sites excluding steroid dienone is 1. The number of aromatic hydroxyl groups is 1. The number of benzene rings is 2. The summed E-state index contributed by atoms with van der Waals surface area (Å²) in [5.74, 6) is 1.40. The van der Waals surface area contributed by atoms with Gasteiger partial charge in [0.05, 0.1) is 12.7 Å². The van der Waals surface area contributed by atoms with Crippen LogP contribution in [0.2, 0.25) is 0 Å². The summed E-state index contributed by atoms with van der Waals surface area (Å²) in [5, 5.41) is 11.1. The summed E-state index contributed by atoms with van der Waals surface area (Å²) in [5.41, 5.74) is 2.57. The van der Waals surface area contributed by atoms with Crippen LogP contribution in [0.3, 0.4) is 0 Å². The molecule has 0 unspecified atom stereocenters. The Kier molecular flexibility index (Phi) is 3.40. The van der Waals surface area contributed by atoms with Crippen LogP contribution in [-0.4, -0.2) is 12.2 Å². The normalized spacial score (nSPS) is 11.3. The smallest absolute Gasteiger partial charge is 0.139 e. The number of furan rings is 1. The third kappa shape index (κ3) is 2.50. The van der Waals surface area contributed by atoms with Crippen LogP contribution < -0.4 is 4.74 Å². The minimum absolute atomic E-state index is 0.141. The molecule has 106 valence electrons. The Morgan fingerprint density at radius 2 is 1.95 bits per heavy atom. The molecule has 1 aromatic heterocycles. The van der Waals surface area contributed by atoms with Crippen molar-refractivity contribution < 1.29 is 14.3 Å². The Hall–Kier alpha value is -2.68. The Labute approximate surface area is 123 Å². The van der Waals surface area contributed by atoms with Gasteiger partial charge < -0.3 is 14.3 Å². The average Bonchev–Trinajstić information content (AvgIpc) is 2.90. The van der Waals surface area contributed by atoms with Gasteiger partial charge in [-0.05, 0) is 42.8 Å². The van der Waals surface area contributed by atoms with E-state index in [2.05, 4.69) is 6.07 Å². The zero-order valence-corrected chi connectivity index (χ0v) is 12.0. The predicted molar refractivity (Wildman–Crippen MR) is 84.6 cm³/mol. The highest BCUT2D eigenvalue weighted by Crippen LogP contribution is 2.35. The summed E-state index contributed by atoms with van der Waals surface area (Å²) in [6.07, 6.45) is 4.04. The molecule has 0 aliphatic rings. The summed E-state index contributed by atoms with van der Waals surface area (Å²) >= 11 is 0. The first-order chi connectivity index (χ1) is 10.2. The summed E-state index contributed by atoms with van der Waals surface area (Å²) in [6.45, 7) is 1.99. The van der Waals surface area contributed by atoms with E-state index in [1.165, 1.54) is 0 Å². The monoisotopic (exact) mass is 280 g/mol. The Morgan fingerprint density at radius 1 is 1.10 bits per heavy atom. The second-order valence-electron chi connectivity index (χ2n) is 4.79. The van der Waals surface area contributed by atoms with E-state index in [1.807, 2.05) is 37.3 Å². The quantitative estimate of drug-likeness (QED) is 0.746. The van der Waals surface area contributed by atoms with Gasteiger partial charge in [-0.3, -0.25) is 0 Å². The van der Waals surface area contributed by atoms with Crippen molar-refractivity contribution in [3.8, 4) is 22.8 Å². The zero-order valence-electron chi connectivity index (χ0n) is 12.0. The van der Waals surface area contributed by atoms with E-state index in [0.29, 0.717) is 17.1 Å². The highest BCUT2D eigenvalue weighted by Gasteiger charge is 2.11. The molecule has 0 saturated carbocycles. The lowest BCUT2D eigenvalue weighted by molar-refractivity contribution is 0.408. The molecular weight excluding hydrogens is 264 g/mol. The van der Waals surface area contributed by atoms with Crippen LogP contribution in [-0.2, 0) is 0 Å². The van der Waals surface area contributed by atoms with Crippen LogP contribution in [0.4, 0.5) is 0 Å². The van der Waals surface area contributed by atoms with Crippen LogP contribution in [0.15, 0.2) is 53.0 Å². The number of fused-ring (bicyclic) bond motifs is 1. The summed E-state index contributed by atoms with van der Waals surface area (Å²) in [7, 11) is 1.57. The average molecular weight is 280 g/mol. The van der Waals surface area contributed by atoms with E-state index in [9.17, 15) is 5.11 Å². The fraction of sp³-hybridized carbons (Fsp3) is 0.111. The molecule has 0 fully saturated rings. The van der Waals surface area contributed by atoms with Gasteiger partial charge in [-0.2, -0.15) is 0 Å². The molecule has 0 bridgehead atoms. The van der Waals surface area contributed by atoms with Gasteiger partial charge in [-0.1, -0.05) is 18.2 Å². The van der Waals surface area contributed by atoms with Gasteiger partial charge in [0.25, 0.3) is 0 Å². The predicted octanol–water partition coefficient (Wildman–Crippen LogP) is 4.85. The van der Waals surface area contributed by atoms with Crippen molar-refractivity contribution in [1.29, 1.82) is 0 Å². The third-order valence-electron chi connectivity index (χ3n) is 3.37. The van der Waals surface area contributed by atoms with E-state index in [-0.39, 0.29) is 5.75 Å².